The summed E-state index contributed by atoms with van der Waals surface area (Å²) in [6.45, 7) is 1.93. The maximum atomic E-state index is 5.22. The van der Waals surface area contributed by atoms with Crippen molar-refractivity contribution >= 4 is 16.9 Å². The molecule has 0 saturated heterocycles. The Morgan fingerprint density at radius 1 is 1.25 bits per heavy atom. The van der Waals surface area contributed by atoms with Gasteiger partial charge in [0.15, 0.2) is 0 Å². The van der Waals surface area contributed by atoms with Crippen LogP contribution in [0.5, 0.6) is 0 Å². The molecule has 6 heteroatoms. The van der Waals surface area contributed by atoms with E-state index >= 15 is 0 Å². The van der Waals surface area contributed by atoms with Crippen molar-refractivity contribution in [3.8, 4) is 0 Å². The van der Waals surface area contributed by atoms with Gasteiger partial charge in [0, 0.05) is 19.1 Å². The molecule has 1 aliphatic carbocycles. The summed E-state index contributed by atoms with van der Waals surface area (Å²) in [6.07, 6.45) is 6.33. The topological polar surface area (TPSA) is 67.1 Å². The monoisotopic (exact) mass is 275 g/mol. The first-order chi connectivity index (χ1) is 9.70. The van der Waals surface area contributed by atoms with Gasteiger partial charge in [-0.05, 0) is 39.7 Å². The van der Waals surface area contributed by atoms with Crippen LogP contribution in [-0.2, 0) is 0 Å². The zero-order valence-corrected chi connectivity index (χ0v) is 12.3. The zero-order valence-electron chi connectivity index (χ0n) is 12.3. The predicted molar refractivity (Wildman–Crippen MR) is 77.8 cm³/mol. The number of nitrogens with zero attached hydrogens (tertiary/aromatic N) is 4. The highest BCUT2D eigenvalue weighted by molar-refractivity contribution is 5.87. The van der Waals surface area contributed by atoms with Crippen molar-refractivity contribution in [1.29, 1.82) is 0 Å². The average Bonchev–Trinajstić information content (AvgIpc) is 2.88. The second-order valence-electron chi connectivity index (χ2n) is 5.55. The van der Waals surface area contributed by atoms with Crippen molar-refractivity contribution in [1.82, 2.24) is 20.4 Å². The Labute approximate surface area is 118 Å². The summed E-state index contributed by atoms with van der Waals surface area (Å²) in [5.41, 5.74) is 1.43. The van der Waals surface area contributed by atoms with E-state index in [2.05, 4.69) is 32.4 Å². The number of nitrogens with one attached hydrogen (secondary N) is 1. The number of aromatic nitrogens is 3. The second kappa shape index (κ2) is 5.36. The highest BCUT2D eigenvalue weighted by atomic mass is 16.5. The normalized spacial score (nSPS) is 23.1. The van der Waals surface area contributed by atoms with E-state index in [1.807, 2.05) is 14.0 Å². The van der Waals surface area contributed by atoms with Gasteiger partial charge < -0.3 is 14.7 Å². The van der Waals surface area contributed by atoms with E-state index < -0.39 is 0 Å². The van der Waals surface area contributed by atoms with E-state index in [-0.39, 0.29) is 0 Å². The van der Waals surface area contributed by atoms with Crippen LogP contribution in [0.1, 0.15) is 31.4 Å². The van der Waals surface area contributed by atoms with Gasteiger partial charge in [0.05, 0.1) is 5.69 Å². The summed E-state index contributed by atoms with van der Waals surface area (Å²) < 4.78 is 5.22. The molecular weight excluding hydrogens is 254 g/mol. The molecule has 0 unspecified atom stereocenters. The van der Waals surface area contributed by atoms with Crippen LogP contribution >= 0.6 is 0 Å². The van der Waals surface area contributed by atoms with Crippen molar-refractivity contribution in [3.63, 3.8) is 0 Å². The van der Waals surface area contributed by atoms with E-state index in [1.165, 1.54) is 25.7 Å². The Hall–Kier alpha value is -1.69. The molecule has 0 radical (unpaired) electrons. The minimum Gasteiger partial charge on any atom is -0.356 e. The van der Waals surface area contributed by atoms with Gasteiger partial charge in [0.25, 0.3) is 5.71 Å². The summed E-state index contributed by atoms with van der Waals surface area (Å²) in [5.74, 6) is 0.932. The lowest BCUT2D eigenvalue weighted by Crippen LogP contribution is -2.40. The number of rotatable bonds is 3. The first-order valence-corrected chi connectivity index (χ1v) is 7.17. The van der Waals surface area contributed by atoms with Crippen molar-refractivity contribution in [2.45, 2.75) is 44.7 Å². The van der Waals surface area contributed by atoms with Crippen LogP contribution in [0.4, 0.5) is 5.82 Å². The van der Waals surface area contributed by atoms with Crippen LogP contribution < -0.4 is 10.2 Å². The molecule has 2 aromatic rings. The highest BCUT2D eigenvalue weighted by Gasteiger charge is 2.26. The highest BCUT2D eigenvalue weighted by Crippen LogP contribution is 2.30. The molecule has 0 aliphatic heterocycles. The quantitative estimate of drug-likeness (QED) is 0.922. The molecule has 1 N–H and O–H groups in total. The summed E-state index contributed by atoms with van der Waals surface area (Å²) in [5, 5.41) is 8.30. The lowest BCUT2D eigenvalue weighted by molar-refractivity contribution is 0.351. The molecule has 2 heterocycles. The van der Waals surface area contributed by atoms with Crippen LogP contribution in [0, 0.1) is 6.92 Å². The molecule has 3 rings (SSSR count). The van der Waals surface area contributed by atoms with Crippen LogP contribution in [0.3, 0.4) is 0 Å². The van der Waals surface area contributed by atoms with Crippen molar-refractivity contribution < 1.29 is 4.52 Å². The lowest BCUT2D eigenvalue weighted by Gasteiger charge is -2.35. The number of hydrogen-bond donors (Lipinski definition) is 1. The fourth-order valence-electron chi connectivity index (χ4n) is 3.10. The number of anilines is 1. The number of aryl methyl sites for hydroxylation is 1. The third kappa shape index (κ3) is 2.24. The minimum absolute atomic E-state index is 0.520. The van der Waals surface area contributed by atoms with Gasteiger partial charge in [0.2, 0.25) is 0 Å². The van der Waals surface area contributed by atoms with Gasteiger partial charge >= 0.3 is 0 Å². The molecule has 0 amide bonds. The molecule has 1 fully saturated rings. The Morgan fingerprint density at radius 3 is 2.70 bits per heavy atom. The molecule has 0 aromatic carbocycles. The molecule has 0 spiro atoms. The average molecular weight is 275 g/mol. The Morgan fingerprint density at radius 2 is 2.00 bits per heavy atom. The molecular formula is C14H21N5O. The molecule has 1 aliphatic rings. The third-order valence-corrected chi connectivity index (χ3v) is 4.41. The van der Waals surface area contributed by atoms with E-state index in [1.54, 1.807) is 6.33 Å². The van der Waals surface area contributed by atoms with Crippen LogP contribution in [0.15, 0.2) is 10.9 Å². The molecule has 108 valence electrons. The molecule has 20 heavy (non-hydrogen) atoms. The maximum Gasteiger partial charge on any atom is 0.263 e. The summed E-state index contributed by atoms with van der Waals surface area (Å²) in [7, 11) is 4.15. The third-order valence-electron chi connectivity index (χ3n) is 4.41. The van der Waals surface area contributed by atoms with Crippen LogP contribution in [0.2, 0.25) is 0 Å². The maximum absolute atomic E-state index is 5.22. The van der Waals surface area contributed by atoms with E-state index in [9.17, 15) is 0 Å². The first kappa shape index (κ1) is 13.3. The largest absolute Gasteiger partial charge is 0.356 e. The number of hydrogen-bond acceptors (Lipinski definition) is 6. The van der Waals surface area contributed by atoms with Gasteiger partial charge in [-0.15, -0.1) is 0 Å². The standard InChI is InChI=1S/C14H21N5O/c1-9-12-13(16-8-17-14(12)20-18-9)19(3)11-6-4-10(15-2)5-7-11/h8,10-11,15H,4-7H2,1-3H3. The smallest absolute Gasteiger partial charge is 0.263 e. The van der Waals surface area contributed by atoms with Gasteiger partial charge in [0.1, 0.15) is 17.5 Å². The summed E-state index contributed by atoms with van der Waals surface area (Å²) in [4.78, 5) is 10.9. The molecule has 0 bridgehead atoms. The van der Waals surface area contributed by atoms with E-state index in [0.717, 1.165) is 16.9 Å². The van der Waals surface area contributed by atoms with Crippen molar-refractivity contribution in [2.24, 2.45) is 0 Å². The van der Waals surface area contributed by atoms with Crippen LogP contribution in [0.25, 0.3) is 11.1 Å². The fraction of sp³-hybridized carbons (Fsp3) is 0.643. The van der Waals surface area contributed by atoms with Gasteiger partial charge in [-0.1, -0.05) is 5.16 Å². The molecule has 0 atom stereocenters. The molecule has 6 nitrogen and oxygen atoms in total. The van der Waals surface area contributed by atoms with Crippen molar-refractivity contribution in [3.05, 3.63) is 12.0 Å². The Kier molecular flexibility index (Phi) is 3.56. The van der Waals surface area contributed by atoms with Gasteiger partial charge in [-0.25, -0.2) is 4.98 Å². The zero-order chi connectivity index (χ0) is 14.1. The van der Waals surface area contributed by atoms with Gasteiger partial charge in [-0.2, -0.15) is 4.98 Å². The van der Waals surface area contributed by atoms with Crippen molar-refractivity contribution in [2.75, 3.05) is 19.0 Å². The van der Waals surface area contributed by atoms with Gasteiger partial charge in [-0.3, -0.25) is 0 Å². The first-order valence-electron chi connectivity index (χ1n) is 7.17. The molecule has 2 aromatic heterocycles. The molecule has 1 saturated carbocycles. The Bertz CT molecular complexity index is 588. The minimum atomic E-state index is 0.520. The number of fused-ring (bicyclic) bond motifs is 1. The summed E-state index contributed by atoms with van der Waals surface area (Å²) >= 11 is 0. The van der Waals surface area contributed by atoms with Crippen LogP contribution in [-0.4, -0.2) is 41.3 Å². The lowest BCUT2D eigenvalue weighted by atomic mass is 9.90. The van der Waals surface area contributed by atoms with E-state index in [0.29, 0.717) is 17.8 Å². The van der Waals surface area contributed by atoms with E-state index in [4.69, 9.17) is 4.52 Å². The summed E-state index contributed by atoms with van der Waals surface area (Å²) in [6, 6.07) is 1.18. The SMILES string of the molecule is CNC1CCC(N(C)c2ncnc3onc(C)c23)CC1. The fourth-order valence-corrected chi connectivity index (χ4v) is 3.10. The Balaban J connectivity index is 1.86. The second-order valence-corrected chi connectivity index (χ2v) is 5.55. The predicted octanol–water partition coefficient (Wildman–Crippen LogP) is 1.89.